The molecule has 0 N–H and O–H groups in total. The van der Waals surface area contributed by atoms with E-state index in [4.69, 9.17) is 4.74 Å². The zero-order valence-electron chi connectivity index (χ0n) is 15.5. The van der Waals surface area contributed by atoms with Gasteiger partial charge in [-0.05, 0) is 24.5 Å². The van der Waals surface area contributed by atoms with Crippen LogP contribution in [0.2, 0.25) is 0 Å². The maximum Gasteiger partial charge on any atom is 0.248 e. The number of likely N-dealkylation sites (tertiary alicyclic amines) is 1. The molecule has 2 aromatic rings. The van der Waals surface area contributed by atoms with Crippen molar-refractivity contribution < 1.29 is 14.3 Å². The maximum atomic E-state index is 12.6. The fourth-order valence-corrected chi connectivity index (χ4v) is 3.85. The topological polar surface area (TPSA) is 67.7 Å². The molecular formula is C20H24N4O3. The Morgan fingerprint density at radius 2 is 2.07 bits per heavy atom. The van der Waals surface area contributed by atoms with E-state index in [2.05, 4.69) is 17.2 Å². The lowest BCUT2D eigenvalue weighted by molar-refractivity contribution is -0.152. The van der Waals surface area contributed by atoms with Crippen molar-refractivity contribution >= 4 is 11.8 Å². The SMILES string of the molecule is Cc1cnn(CC(=O)N2C[C@@H]3OCC(=O)N(CCc4ccccc4)[C@H]3C2)c1. The summed E-state index contributed by atoms with van der Waals surface area (Å²) in [6.07, 6.45) is 4.29. The monoisotopic (exact) mass is 368 g/mol. The minimum absolute atomic E-state index is 0.00387. The Morgan fingerprint density at radius 3 is 2.81 bits per heavy atom. The minimum Gasteiger partial charge on any atom is -0.364 e. The van der Waals surface area contributed by atoms with Crippen LogP contribution >= 0.6 is 0 Å². The third kappa shape index (κ3) is 3.88. The molecule has 1 aromatic carbocycles. The van der Waals surface area contributed by atoms with Crippen LogP contribution in [0.15, 0.2) is 42.7 Å². The van der Waals surface area contributed by atoms with Crippen molar-refractivity contribution in [2.45, 2.75) is 32.0 Å². The van der Waals surface area contributed by atoms with Gasteiger partial charge in [0.15, 0.2) is 0 Å². The Bertz CT molecular complexity index is 820. The summed E-state index contributed by atoms with van der Waals surface area (Å²) in [6.45, 7) is 3.95. The van der Waals surface area contributed by atoms with E-state index in [1.807, 2.05) is 36.2 Å². The Kier molecular flexibility index (Phi) is 4.94. The number of aromatic nitrogens is 2. The second kappa shape index (κ2) is 7.52. The largest absolute Gasteiger partial charge is 0.364 e. The lowest BCUT2D eigenvalue weighted by Gasteiger charge is -2.36. The van der Waals surface area contributed by atoms with Gasteiger partial charge in [0.25, 0.3) is 0 Å². The highest BCUT2D eigenvalue weighted by molar-refractivity contribution is 5.80. The van der Waals surface area contributed by atoms with E-state index in [-0.39, 0.29) is 37.1 Å². The first kappa shape index (κ1) is 17.7. The van der Waals surface area contributed by atoms with Crippen LogP contribution in [0.4, 0.5) is 0 Å². The molecule has 2 saturated heterocycles. The summed E-state index contributed by atoms with van der Waals surface area (Å²) in [7, 11) is 0. The van der Waals surface area contributed by atoms with Crippen molar-refractivity contribution in [2.75, 3.05) is 26.2 Å². The van der Waals surface area contributed by atoms with Crippen LogP contribution in [0.5, 0.6) is 0 Å². The molecule has 2 aliphatic rings. The molecule has 27 heavy (non-hydrogen) atoms. The zero-order valence-corrected chi connectivity index (χ0v) is 15.5. The number of ether oxygens (including phenoxy) is 1. The molecule has 2 aliphatic heterocycles. The van der Waals surface area contributed by atoms with Gasteiger partial charge in [-0.15, -0.1) is 0 Å². The molecule has 0 radical (unpaired) electrons. The van der Waals surface area contributed by atoms with Crippen LogP contribution in [0.3, 0.4) is 0 Å². The number of carbonyl (C=O) groups is 2. The van der Waals surface area contributed by atoms with E-state index >= 15 is 0 Å². The van der Waals surface area contributed by atoms with Gasteiger partial charge in [0.1, 0.15) is 13.2 Å². The van der Waals surface area contributed by atoms with Gasteiger partial charge in [-0.3, -0.25) is 14.3 Å². The number of fused-ring (bicyclic) bond motifs is 1. The number of morpholine rings is 1. The number of carbonyl (C=O) groups excluding carboxylic acids is 2. The third-order valence-corrected chi connectivity index (χ3v) is 5.28. The van der Waals surface area contributed by atoms with Gasteiger partial charge in [-0.25, -0.2) is 0 Å². The molecule has 7 heteroatoms. The summed E-state index contributed by atoms with van der Waals surface area (Å²) in [5, 5.41) is 4.18. The summed E-state index contributed by atoms with van der Waals surface area (Å²) >= 11 is 0. The molecule has 4 rings (SSSR count). The summed E-state index contributed by atoms with van der Waals surface area (Å²) in [6, 6.07) is 10.1. The fourth-order valence-electron chi connectivity index (χ4n) is 3.85. The van der Waals surface area contributed by atoms with Gasteiger partial charge >= 0.3 is 0 Å². The molecule has 3 heterocycles. The quantitative estimate of drug-likeness (QED) is 0.786. The van der Waals surface area contributed by atoms with Gasteiger partial charge in [0.2, 0.25) is 11.8 Å². The van der Waals surface area contributed by atoms with Crippen LogP contribution in [0.25, 0.3) is 0 Å². The molecule has 0 spiro atoms. The van der Waals surface area contributed by atoms with Crippen LogP contribution in [0, 0.1) is 6.92 Å². The normalized spacial score (nSPS) is 22.2. The number of aryl methyl sites for hydroxylation is 1. The molecule has 0 unspecified atom stereocenters. The zero-order chi connectivity index (χ0) is 18.8. The number of amides is 2. The Morgan fingerprint density at radius 1 is 1.26 bits per heavy atom. The molecule has 1 aromatic heterocycles. The van der Waals surface area contributed by atoms with E-state index in [0.29, 0.717) is 19.6 Å². The Hall–Kier alpha value is -2.67. The van der Waals surface area contributed by atoms with Crippen molar-refractivity contribution in [1.82, 2.24) is 19.6 Å². The molecule has 0 bridgehead atoms. The van der Waals surface area contributed by atoms with E-state index < -0.39 is 0 Å². The molecule has 142 valence electrons. The molecule has 0 aliphatic carbocycles. The highest BCUT2D eigenvalue weighted by Crippen LogP contribution is 2.24. The van der Waals surface area contributed by atoms with E-state index in [1.165, 1.54) is 5.56 Å². The van der Waals surface area contributed by atoms with Gasteiger partial charge in [0, 0.05) is 25.8 Å². The maximum absolute atomic E-state index is 12.6. The lowest BCUT2D eigenvalue weighted by atomic mass is 10.1. The van der Waals surface area contributed by atoms with Gasteiger partial charge in [-0.1, -0.05) is 30.3 Å². The van der Waals surface area contributed by atoms with Crippen molar-refractivity contribution in [3.8, 4) is 0 Å². The van der Waals surface area contributed by atoms with E-state index in [0.717, 1.165) is 12.0 Å². The van der Waals surface area contributed by atoms with Gasteiger partial charge in [-0.2, -0.15) is 5.10 Å². The van der Waals surface area contributed by atoms with Gasteiger partial charge < -0.3 is 14.5 Å². The minimum atomic E-state index is -0.109. The fraction of sp³-hybridized carbons (Fsp3) is 0.450. The molecule has 7 nitrogen and oxygen atoms in total. The predicted molar refractivity (Wildman–Crippen MR) is 98.9 cm³/mol. The van der Waals surface area contributed by atoms with E-state index in [1.54, 1.807) is 15.8 Å². The number of rotatable bonds is 5. The molecule has 2 fully saturated rings. The first-order valence-corrected chi connectivity index (χ1v) is 9.32. The smallest absolute Gasteiger partial charge is 0.248 e. The van der Waals surface area contributed by atoms with Gasteiger partial charge in [0.05, 0.1) is 18.3 Å². The third-order valence-electron chi connectivity index (χ3n) is 5.28. The van der Waals surface area contributed by atoms with Crippen LogP contribution in [-0.4, -0.2) is 69.8 Å². The highest BCUT2D eigenvalue weighted by Gasteiger charge is 2.44. The summed E-state index contributed by atoms with van der Waals surface area (Å²) in [5.74, 6) is 0.00994. The predicted octanol–water partition coefficient (Wildman–Crippen LogP) is 0.872. The number of hydrogen-bond donors (Lipinski definition) is 0. The van der Waals surface area contributed by atoms with Crippen LogP contribution in [-0.2, 0) is 27.3 Å². The molecule has 0 saturated carbocycles. The summed E-state index contributed by atoms with van der Waals surface area (Å²) in [5.41, 5.74) is 2.23. The van der Waals surface area contributed by atoms with Crippen molar-refractivity contribution in [3.05, 3.63) is 53.9 Å². The first-order chi connectivity index (χ1) is 13.1. The summed E-state index contributed by atoms with van der Waals surface area (Å²) < 4.78 is 7.38. The van der Waals surface area contributed by atoms with Crippen molar-refractivity contribution in [3.63, 3.8) is 0 Å². The van der Waals surface area contributed by atoms with Crippen molar-refractivity contribution in [2.24, 2.45) is 0 Å². The van der Waals surface area contributed by atoms with E-state index in [9.17, 15) is 9.59 Å². The average Bonchev–Trinajstić information content (AvgIpc) is 3.28. The number of nitrogens with zero attached hydrogens (tertiary/aromatic N) is 4. The lowest BCUT2D eigenvalue weighted by Crippen LogP contribution is -2.54. The number of benzene rings is 1. The summed E-state index contributed by atoms with van der Waals surface area (Å²) in [4.78, 5) is 28.7. The average molecular weight is 368 g/mol. The van der Waals surface area contributed by atoms with Crippen LogP contribution in [0.1, 0.15) is 11.1 Å². The first-order valence-electron chi connectivity index (χ1n) is 9.32. The highest BCUT2D eigenvalue weighted by atomic mass is 16.5. The standard InChI is InChI=1S/C20H24N4O3/c1-15-9-21-23(10-15)13-19(25)22-11-17-18(12-22)27-14-20(26)24(17)8-7-16-5-3-2-4-6-16/h2-6,9-10,17-18H,7-8,11-14H2,1H3/t17-,18-/m0/s1. The second-order valence-electron chi connectivity index (χ2n) is 7.25. The molecule has 2 atom stereocenters. The van der Waals surface area contributed by atoms with Crippen LogP contribution < -0.4 is 0 Å². The second-order valence-corrected chi connectivity index (χ2v) is 7.25. The molecule has 2 amide bonds. The Labute approximate surface area is 158 Å². The van der Waals surface area contributed by atoms with Crippen molar-refractivity contribution in [1.29, 1.82) is 0 Å². The Balaban J connectivity index is 1.40. The number of hydrogen-bond acceptors (Lipinski definition) is 4. The molecular weight excluding hydrogens is 344 g/mol.